The Hall–Kier alpha value is -3.41. The molecule has 1 aromatic carbocycles. The van der Waals surface area contributed by atoms with Gasteiger partial charge in [0, 0.05) is 18.2 Å². The average molecular weight is 453 g/mol. The van der Waals surface area contributed by atoms with E-state index < -0.39 is 42.0 Å². The molecular weight excluding hydrogens is 431 g/mol. The summed E-state index contributed by atoms with van der Waals surface area (Å²) in [5.74, 6) is -1.36. The molecule has 12 heteroatoms. The van der Waals surface area contributed by atoms with Gasteiger partial charge in [-0.3, -0.25) is 9.59 Å². The molecule has 1 aliphatic heterocycles. The lowest BCUT2D eigenvalue weighted by Crippen LogP contribution is -2.49. The number of nitrogens with one attached hydrogen (secondary N) is 2. The first-order valence-corrected chi connectivity index (χ1v) is 9.74. The van der Waals surface area contributed by atoms with Crippen molar-refractivity contribution in [3.63, 3.8) is 0 Å². The van der Waals surface area contributed by atoms with Gasteiger partial charge in [0.25, 0.3) is 5.91 Å². The molecule has 0 radical (unpaired) electrons. The van der Waals surface area contributed by atoms with Gasteiger partial charge in [0.05, 0.1) is 11.3 Å². The number of benzene rings is 1. The van der Waals surface area contributed by atoms with Crippen LogP contribution in [0.25, 0.3) is 11.3 Å². The number of alkyl halides is 3. The zero-order valence-corrected chi connectivity index (χ0v) is 17.1. The minimum Gasteiger partial charge on any atom is -0.507 e. The fourth-order valence-electron chi connectivity index (χ4n) is 3.36. The average Bonchev–Trinajstić information content (AvgIpc) is 2.72. The number of primary amides is 1. The minimum atomic E-state index is -4.56. The first kappa shape index (κ1) is 23.3. The summed E-state index contributed by atoms with van der Waals surface area (Å²) in [6, 6.07) is 3.76. The lowest BCUT2D eigenvalue weighted by atomic mass is 10.0. The van der Waals surface area contributed by atoms with E-state index >= 15 is 0 Å². The van der Waals surface area contributed by atoms with Gasteiger partial charge in [-0.25, -0.2) is 0 Å². The van der Waals surface area contributed by atoms with Crippen molar-refractivity contribution in [3.05, 3.63) is 35.4 Å². The number of amides is 1. The zero-order valence-electron chi connectivity index (χ0n) is 17.1. The highest BCUT2D eigenvalue weighted by molar-refractivity contribution is 5.81. The molecule has 3 rings (SSSR count). The van der Waals surface area contributed by atoms with Gasteiger partial charge in [0.2, 0.25) is 0 Å². The highest BCUT2D eigenvalue weighted by Crippen LogP contribution is 2.36. The summed E-state index contributed by atoms with van der Waals surface area (Å²) in [7, 11) is 0. The lowest BCUT2D eigenvalue weighted by molar-refractivity contribution is -0.150. The molecule has 1 saturated heterocycles. The molecule has 2 atom stereocenters. The summed E-state index contributed by atoms with van der Waals surface area (Å²) in [6.07, 6.45) is -3.47. The molecule has 5 N–H and O–H groups in total. The number of piperidine rings is 1. The molecule has 0 aliphatic carbocycles. The summed E-state index contributed by atoms with van der Waals surface area (Å²) in [5, 5.41) is 24.4. The van der Waals surface area contributed by atoms with Gasteiger partial charge in [-0.2, -0.15) is 13.2 Å². The van der Waals surface area contributed by atoms with Crippen LogP contribution in [0.15, 0.2) is 24.3 Å². The van der Waals surface area contributed by atoms with Crippen LogP contribution < -0.4 is 16.4 Å². The largest absolute Gasteiger partial charge is 0.507 e. The summed E-state index contributed by atoms with van der Waals surface area (Å²) in [5.41, 5.74) is 5.01. The van der Waals surface area contributed by atoms with Crippen LogP contribution in [0.4, 0.5) is 19.0 Å². The normalized spacial score (nSPS) is 18.8. The van der Waals surface area contributed by atoms with Gasteiger partial charge >= 0.3 is 12.1 Å². The van der Waals surface area contributed by atoms with Crippen molar-refractivity contribution in [2.24, 2.45) is 5.73 Å². The van der Waals surface area contributed by atoms with Crippen LogP contribution in [0.3, 0.4) is 0 Å². The molecule has 0 spiro atoms. The van der Waals surface area contributed by atoms with Crippen molar-refractivity contribution >= 4 is 17.7 Å². The van der Waals surface area contributed by atoms with E-state index in [1.165, 1.54) is 0 Å². The van der Waals surface area contributed by atoms with Crippen molar-refractivity contribution in [2.45, 2.75) is 38.0 Å². The molecule has 2 heterocycles. The number of hydrogen-bond donors (Lipinski definition) is 4. The topological polar surface area (TPSA) is 139 Å². The SMILES string of the molecule is Cc1cc(N[C@@H]2CC[C@@H](C(=O)OCC(N)=O)NC2)nnc1-c1ccc(C(F)(F)F)cc1O. The number of anilines is 1. The molecule has 0 unspecified atom stereocenters. The first-order valence-electron chi connectivity index (χ1n) is 9.74. The first-order chi connectivity index (χ1) is 15.0. The Labute approximate surface area is 181 Å². The number of halogens is 3. The third kappa shape index (κ3) is 5.63. The number of rotatable bonds is 6. The van der Waals surface area contributed by atoms with Crippen LogP contribution in [0.2, 0.25) is 0 Å². The Morgan fingerprint density at radius 2 is 2.03 bits per heavy atom. The summed E-state index contributed by atoms with van der Waals surface area (Å²) in [6.45, 7) is 1.67. The Morgan fingerprint density at radius 1 is 1.28 bits per heavy atom. The third-order valence-electron chi connectivity index (χ3n) is 4.97. The Morgan fingerprint density at radius 3 is 2.59 bits per heavy atom. The van der Waals surface area contributed by atoms with Crippen molar-refractivity contribution in [3.8, 4) is 17.0 Å². The summed E-state index contributed by atoms with van der Waals surface area (Å²) >= 11 is 0. The predicted octanol–water partition coefficient (Wildman–Crippen LogP) is 1.74. The van der Waals surface area contributed by atoms with Crippen LogP contribution in [0.1, 0.15) is 24.0 Å². The second-order valence-corrected chi connectivity index (χ2v) is 7.44. The Balaban J connectivity index is 1.62. The van der Waals surface area contributed by atoms with Crippen LogP contribution in [0, 0.1) is 6.92 Å². The highest BCUT2D eigenvalue weighted by atomic mass is 19.4. The number of carbonyl (C=O) groups is 2. The quantitative estimate of drug-likeness (QED) is 0.485. The van der Waals surface area contributed by atoms with Crippen LogP contribution in [-0.2, 0) is 20.5 Å². The van der Waals surface area contributed by atoms with Crippen molar-refractivity contribution in [1.29, 1.82) is 0 Å². The predicted molar refractivity (Wildman–Crippen MR) is 107 cm³/mol. The number of phenols is 1. The Kier molecular flexibility index (Phi) is 6.82. The molecule has 2 aromatic rings. The number of carbonyl (C=O) groups excluding carboxylic acids is 2. The van der Waals surface area contributed by atoms with Crippen LogP contribution in [0.5, 0.6) is 5.75 Å². The number of phenolic OH excluding ortho intramolecular Hbond substituents is 1. The van der Waals surface area contributed by atoms with Crippen molar-refractivity contribution < 1.29 is 32.6 Å². The van der Waals surface area contributed by atoms with Gasteiger partial charge in [-0.15, -0.1) is 10.2 Å². The van der Waals surface area contributed by atoms with Gasteiger partial charge in [-0.1, -0.05) is 0 Å². The number of ether oxygens (including phenoxy) is 1. The second kappa shape index (κ2) is 9.39. The van der Waals surface area contributed by atoms with Gasteiger partial charge in [0.15, 0.2) is 6.61 Å². The molecule has 1 fully saturated rings. The number of aryl methyl sites for hydroxylation is 1. The molecule has 1 aromatic heterocycles. The standard InChI is InChI=1S/C20H22F3N5O4/c1-10-6-17(26-12-3-5-14(25-8-12)19(31)32-9-16(24)30)27-28-18(10)13-4-2-11(7-15(13)29)20(21,22)23/h2,4,6-7,12,14,25,29H,3,5,8-9H2,1H3,(H2,24,30)(H,26,27)/t12-,14+/m1/s1. The van der Waals surface area contributed by atoms with E-state index in [9.17, 15) is 27.9 Å². The van der Waals surface area contributed by atoms with E-state index in [-0.39, 0.29) is 17.3 Å². The molecule has 32 heavy (non-hydrogen) atoms. The van der Waals surface area contributed by atoms with E-state index in [0.717, 1.165) is 12.1 Å². The number of nitrogens with zero attached hydrogens (tertiary/aromatic N) is 2. The molecule has 0 bridgehead atoms. The van der Waals surface area contributed by atoms with E-state index in [1.807, 2.05) is 0 Å². The lowest BCUT2D eigenvalue weighted by Gasteiger charge is -2.29. The number of nitrogens with two attached hydrogens (primary N) is 1. The molecule has 1 aliphatic rings. The molecule has 9 nitrogen and oxygen atoms in total. The fourth-order valence-corrected chi connectivity index (χ4v) is 3.36. The zero-order chi connectivity index (χ0) is 23.5. The van der Waals surface area contributed by atoms with Gasteiger partial charge < -0.3 is 26.2 Å². The summed E-state index contributed by atoms with van der Waals surface area (Å²) < 4.78 is 43.2. The van der Waals surface area contributed by atoms with E-state index in [2.05, 4.69) is 20.8 Å². The smallest absolute Gasteiger partial charge is 0.416 e. The maximum Gasteiger partial charge on any atom is 0.416 e. The number of aromatic hydroxyl groups is 1. The van der Waals surface area contributed by atoms with Gasteiger partial charge in [-0.05, 0) is 49.6 Å². The Bertz CT molecular complexity index is 1010. The fraction of sp³-hybridized carbons (Fsp3) is 0.400. The van der Waals surface area contributed by atoms with E-state index in [1.54, 1.807) is 13.0 Å². The van der Waals surface area contributed by atoms with Crippen molar-refractivity contribution in [2.75, 3.05) is 18.5 Å². The summed E-state index contributed by atoms with van der Waals surface area (Å²) in [4.78, 5) is 22.6. The second-order valence-electron chi connectivity index (χ2n) is 7.44. The van der Waals surface area contributed by atoms with Gasteiger partial charge in [0.1, 0.15) is 17.6 Å². The molecule has 0 saturated carbocycles. The molecule has 172 valence electrons. The number of hydrogen-bond acceptors (Lipinski definition) is 8. The molecule has 1 amide bonds. The molecular formula is C20H22F3N5O4. The minimum absolute atomic E-state index is 0.0609. The maximum atomic E-state index is 12.8. The van der Waals surface area contributed by atoms with E-state index in [4.69, 9.17) is 10.5 Å². The maximum absolute atomic E-state index is 12.8. The van der Waals surface area contributed by atoms with Crippen LogP contribution in [-0.4, -0.2) is 52.4 Å². The third-order valence-corrected chi connectivity index (χ3v) is 4.97. The number of aromatic nitrogens is 2. The van der Waals surface area contributed by atoms with Crippen LogP contribution >= 0.6 is 0 Å². The highest BCUT2D eigenvalue weighted by Gasteiger charge is 2.31. The van der Waals surface area contributed by atoms with Crippen molar-refractivity contribution in [1.82, 2.24) is 15.5 Å². The van der Waals surface area contributed by atoms with E-state index in [0.29, 0.717) is 36.8 Å². The number of esters is 1. The monoisotopic (exact) mass is 453 g/mol.